The van der Waals surface area contributed by atoms with E-state index in [0.717, 1.165) is 33.4 Å². The molecule has 0 aliphatic carbocycles. The highest BCUT2D eigenvalue weighted by atomic mass is 32.2. The molecule has 0 radical (unpaired) electrons. The third-order valence-corrected chi connectivity index (χ3v) is 8.76. The van der Waals surface area contributed by atoms with E-state index in [1.807, 2.05) is 72.8 Å². The Morgan fingerprint density at radius 3 is 2.43 bits per heavy atom. The summed E-state index contributed by atoms with van der Waals surface area (Å²) in [6.07, 6.45) is -0.0591. The van der Waals surface area contributed by atoms with E-state index in [-0.39, 0.29) is 36.8 Å². The van der Waals surface area contributed by atoms with Crippen LogP contribution in [0.1, 0.15) is 65.3 Å². The minimum absolute atomic E-state index is 0.0550. The van der Waals surface area contributed by atoms with Crippen LogP contribution in [0.2, 0.25) is 0 Å². The predicted molar refractivity (Wildman–Crippen MR) is 175 cm³/mol. The molecule has 10 nitrogen and oxygen atoms in total. The molecule has 5 rings (SSSR count). The second-order valence-corrected chi connectivity index (χ2v) is 12.1. The molecule has 2 heterocycles. The van der Waals surface area contributed by atoms with Crippen LogP contribution in [0, 0.1) is 0 Å². The number of carboxylic acid groups (broad SMARTS) is 1. The standard InChI is InChI=1S/C36H36N2O8S/c1-22(44-23(2)40)33(41)38-19-25-6-3-7-27(16-25)28-8-4-9-29(17-28)36-45-30(21-47-34-31(35(42)43)10-5-15-37-34)18-32(46-36)26-13-11-24(20-39)12-14-26/h3-17,22,30,32,36,39H,18-21H2,1-2H3,(H,38,41)(H,42,43)/t22-,30-,32+,36+/m0/s1. The number of ether oxygens (including phenoxy) is 3. The average molecular weight is 657 g/mol. The summed E-state index contributed by atoms with van der Waals surface area (Å²) in [5.41, 5.74) is 5.44. The Morgan fingerprint density at radius 2 is 1.70 bits per heavy atom. The van der Waals surface area contributed by atoms with Crippen molar-refractivity contribution in [1.82, 2.24) is 10.3 Å². The molecule has 1 fully saturated rings. The smallest absolute Gasteiger partial charge is 0.338 e. The van der Waals surface area contributed by atoms with Crippen LogP contribution in [0.5, 0.6) is 0 Å². The molecule has 1 amide bonds. The second-order valence-electron chi connectivity index (χ2n) is 11.1. The zero-order chi connectivity index (χ0) is 33.3. The van der Waals surface area contributed by atoms with Gasteiger partial charge in [-0.15, -0.1) is 11.8 Å². The Morgan fingerprint density at radius 1 is 0.957 bits per heavy atom. The number of thioether (sulfide) groups is 1. The number of hydrogen-bond acceptors (Lipinski definition) is 9. The predicted octanol–water partition coefficient (Wildman–Crippen LogP) is 5.84. The van der Waals surface area contributed by atoms with Gasteiger partial charge in [-0.1, -0.05) is 60.7 Å². The van der Waals surface area contributed by atoms with Gasteiger partial charge in [0.2, 0.25) is 0 Å². The number of amides is 1. The Balaban J connectivity index is 1.35. The van der Waals surface area contributed by atoms with Gasteiger partial charge in [0.05, 0.1) is 24.4 Å². The monoisotopic (exact) mass is 656 g/mol. The summed E-state index contributed by atoms with van der Waals surface area (Å²) in [5.74, 6) is -1.47. The maximum atomic E-state index is 12.3. The lowest BCUT2D eigenvalue weighted by Crippen LogP contribution is -2.35. The molecular weight excluding hydrogens is 620 g/mol. The summed E-state index contributed by atoms with van der Waals surface area (Å²) in [6, 6.07) is 26.4. The SMILES string of the molecule is CC(=O)O[C@@H](C)C(=O)NCc1cccc(-c2cccc([C@@H]3O[C@H](CSc4ncccc4C(=O)O)C[C@H](c4ccc(CO)cc4)O3)c2)c1. The van der Waals surface area contributed by atoms with Crippen molar-refractivity contribution >= 4 is 29.6 Å². The highest BCUT2D eigenvalue weighted by Gasteiger charge is 2.33. The minimum Gasteiger partial charge on any atom is -0.478 e. The molecule has 0 unspecified atom stereocenters. The molecule has 4 atom stereocenters. The van der Waals surface area contributed by atoms with Crippen LogP contribution in [0.4, 0.5) is 0 Å². The molecule has 0 spiro atoms. The Hall–Kier alpha value is -4.55. The lowest BCUT2D eigenvalue weighted by molar-refractivity contribution is -0.245. The van der Waals surface area contributed by atoms with E-state index in [9.17, 15) is 24.6 Å². The van der Waals surface area contributed by atoms with Crippen molar-refractivity contribution in [2.24, 2.45) is 0 Å². The maximum Gasteiger partial charge on any atom is 0.338 e. The lowest BCUT2D eigenvalue weighted by Gasteiger charge is -2.36. The normalized spacial score (nSPS) is 18.2. The van der Waals surface area contributed by atoms with Crippen molar-refractivity contribution in [2.45, 2.75) is 63.0 Å². The van der Waals surface area contributed by atoms with Gasteiger partial charge < -0.3 is 29.7 Å². The summed E-state index contributed by atoms with van der Waals surface area (Å²) >= 11 is 1.34. The van der Waals surface area contributed by atoms with Crippen molar-refractivity contribution in [3.8, 4) is 11.1 Å². The molecule has 47 heavy (non-hydrogen) atoms. The fraction of sp³-hybridized carbons (Fsp3) is 0.278. The number of aromatic carboxylic acids is 1. The van der Waals surface area contributed by atoms with Crippen molar-refractivity contribution in [1.29, 1.82) is 0 Å². The van der Waals surface area contributed by atoms with E-state index in [4.69, 9.17) is 14.2 Å². The Bertz CT molecular complexity index is 1710. The molecule has 244 valence electrons. The van der Waals surface area contributed by atoms with Gasteiger partial charge in [-0.25, -0.2) is 9.78 Å². The quantitative estimate of drug-likeness (QED) is 0.126. The number of rotatable bonds is 12. The van der Waals surface area contributed by atoms with Gasteiger partial charge in [0.25, 0.3) is 5.91 Å². The summed E-state index contributed by atoms with van der Waals surface area (Å²) < 4.78 is 18.0. The number of carbonyl (C=O) groups excluding carboxylic acids is 2. The van der Waals surface area contributed by atoms with Gasteiger partial charge in [0.1, 0.15) is 5.03 Å². The molecule has 3 N–H and O–H groups in total. The lowest BCUT2D eigenvalue weighted by atomic mass is 9.99. The number of carbonyl (C=O) groups is 3. The van der Waals surface area contributed by atoms with Crippen LogP contribution in [-0.2, 0) is 37.0 Å². The summed E-state index contributed by atoms with van der Waals surface area (Å²) in [4.78, 5) is 39.5. The fourth-order valence-electron chi connectivity index (χ4n) is 5.22. The number of aliphatic hydroxyl groups is 1. The Kier molecular flexibility index (Phi) is 11.4. The molecule has 1 aliphatic rings. The molecule has 4 aromatic rings. The molecular formula is C36H36N2O8S. The molecule has 3 aromatic carbocycles. The third-order valence-electron chi connectivity index (χ3n) is 7.62. The number of nitrogens with zero attached hydrogens (tertiary/aromatic N) is 1. The van der Waals surface area contributed by atoms with Crippen LogP contribution in [0.3, 0.4) is 0 Å². The van der Waals surface area contributed by atoms with E-state index in [0.29, 0.717) is 17.2 Å². The van der Waals surface area contributed by atoms with Crippen molar-refractivity contribution in [3.05, 3.63) is 119 Å². The van der Waals surface area contributed by atoms with Crippen LogP contribution in [0.15, 0.2) is 96.2 Å². The zero-order valence-electron chi connectivity index (χ0n) is 26.0. The fourth-order valence-corrected chi connectivity index (χ4v) is 6.23. The van der Waals surface area contributed by atoms with Crippen LogP contribution >= 0.6 is 11.8 Å². The average Bonchev–Trinajstić information content (AvgIpc) is 3.09. The molecule has 0 bridgehead atoms. The molecule has 1 aromatic heterocycles. The van der Waals surface area contributed by atoms with E-state index in [1.54, 1.807) is 12.3 Å². The zero-order valence-corrected chi connectivity index (χ0v) is 26.8. The topological polar surface area (TPSA) is 144 Å². The number of nitrogens with one attached hydrogen (secondary N) is 1. The molecule has 1 saturated heterocycles. The first kappa shape index (κ1) is 33.8. The number of aromatic nitrogens is 1. The van der Waals surface area contributed by atoms with E-state index >= 15 is 0 Å². The van der Waals surface area contributed by atoms with E-state index in [2.05, 4.69) is 10.3 Å². The highest BCUT2D eigenvalue weighted by Crippen LogP contribution is 2.40. The van der Waals surface area contributed by atoms with E-state index < -0.39 is 24.3 Å². The third kappa shape index (κ3) is 9.05. The van der Waals surface area contributed by atoms with Crippen LogP contribution in [-0.4, -0.2) is 51.0 Å². The van der Waals surface area contributed by atoms with Gasteiger partial charge in [0.15, 0.2) is 12.4 Å². The largest absolute Gasteiger partial charge is 0.478 e. The van der Waals surface area contributed by atoms with Gasteiger partial charge in [0, 0.05) is 37.4 Å². The number of hydrogen-bond donors (Lipinski definition) is 3. The maximum absolute atomic E-state index is 12.3. The van der Waals surface area contributed by atoms with Crippen molar-refractivity contribution in [2.75, 3.05) is 5.75 Å². The summed E-state index contributed by atoms with van der Waals surface area (Å²) in [6.45, 7) is 3.00. The number of benzene rings is 3. The Labute approximate surface area is 277 Å². The van der Waals surface area contributed by atoms with Gasteiger partial charge in [-0.2, -0.15) is 0 Å². The van der Waals surface area contributed by atoms with Crippen LogP contribution in [0.25, 0.3) is 11.1 Å². The molecule has 11 heteroatoms. The van der Waals surface area contributed by atoms with Gasteiger partial charge >= 0.3 is 11.9 Å². The molecule has 0 saturated carbocycles. The number of carboxylic acids is 1. The first-order valence-corrected chi connectivity index (χ1v) is 16.1. The van der Waals surface area contributed by atoms with Crippen molar-refractivity contribution in [3.63, 3.8) is 0 Å². The van der Waals surface area contributed by atoms with Crippen LogP contribution < -0.4 is 5.32 Å². The van der Waals surface area contributed by atoms with Gasteiger partial charge in [-0.05, 0) is 59.0 Å². The minimum atomic E-state index is -1.03. The molecule has 1 aliphatic heterocycles. The van der Waals surface area contributed by atoms with Gasteiger partial charge in [-0.3, -0.25) is 9.59 Å². The summed E-state index contributed by atoms with van der Waals surface area (Å²) in [7, 11) is 0. The first-order valence-electron chi connectivity index (χ1n) is 15.2. The van der Waals surface area contributed by atoms with E-state index in [1.165, 1.54) is 31.7 Å². The summed E-state index contributed by atoms with van der Waals surface area (Å²) in [5, 5.41) is 22.4. The highest BCUT2D eigenvalue weighted by molar-refractivity contribution is 7.99. The number of esters is 1. The number of aliphatic hydroxyl groups excluding tert-OH is 1. The second kappa shape index (κ2) is 15.8. The van der Waals surface area contributed by atoms with Crippen molar-refractivity contribution < 1.29 is 38.8 Å². The number of pyridine rings is 1. The first-order chi connectivity index (χ1) is 22.7.